The van der Waals surface area contributed by atoms with E-state index in [1.165, 1.54) is 0 Å². The standard InChI is InChI=1S/C16H19N3O4/c1-9(2)14(16(22)23)19-13(20)8-7-12-17-11-6-4-3-5-10(11)15(21)18-12/h3-6,9,14H,7-8H2,1-2H3,(H,19,20)(H,22,23)(H,17,18,21)/t14-/m0/s1. The Kier molecular flexibility index (Phi) is 5.10. The number of hydrogen-bond donors (Lipinski definition) is 3. The number of para-hydroxylation sites is 1. The first-order chi connectivity index (χ1) is 10.9. The third kappa shape index (κ3) is 4.15. The Morgan fingerprint density at radius 2 is 2.00 bits per heavy atom. The van der Waals surface area contributed by atoms with Crippen LogP contribution in [0.25, 0.3) is 10.9 Å². The monoisotopic (exact) mass is 317 g/mol. The summed E-state index contributed by atoms with van der Waals surface area (Å²) in [7, 11) is 0. The van der Waals surface area contributed by atoms with Crippen LogP contribution in [0.5, 0.6) is 0 Å². The summed E-state index contributed by atoms with van der Waals surface area (Å²) in [5.74, 6) is -1.26. The highest BCUT2D eigenvalue weighted by molar-refractivity contribution is 5.83. The molecule has 0 aliphatic rings. The van der Waals surface area contributed by atoms with Crippen molar-refractivity contribution in [2.24, 2.45) is 5.92 Å². The van der Waals surface area contributed by atoms with E-state index >= 15 is 0 Å². The fourth-order valence-corrected chi connectivity index (χ4v) is 2.24. The van der Waals surface area contributed by atoms with E-state index in [-0.39, 0.29) is 30.2 Å². The van der Waals surface area contributed by atoms with Crippen molar-refractivity contribution in [1.29, 1.82) is 0 Å². The summed E-state index contributed by atoms with van der Waals surface area (Å²) in [4.78, 5) is 41.8. The summed E-state index contributed by atoms with van der Waals surface area (Å²) in [6, 6.07) is 6.02. The summed E-state index contributed by atoms with van der Waals surface area (Å²) in [5, 5.41) is 12.0. The Balaban J connectivity index is 2.04. The predicted octanol–water partition coefficient (Wildman–Crippen LogP) is 1.08. The quantitative estimate of drug-likeness (QED) is 0.738. The van der Waals surface area contributed by atoms with Crippen molar-refractivity contribution in [3.8, 4) is 0 Å². The smallest absolute Gasteiger partial charge is 0.326 e. The average molecular weight is 317 g/mol. The molecule has 23 heavy (non-hydrogen) atoms. The van der Waals surface area contributed by atoms with Gasteiger partial charge in [0.15, 0.2) is 0 Å². The number of aromatic nitrogens is 2. The van der Waals surface area contributed by atoms with Crippen LogP contribution >= 0.6 is 0 Å². The number of aromatic amines is 1. The normalized spacial score (nSPS) is 12.3. The molecule has 1 amide bonds. The van der Waals surface area contributed by atoms with E-state index < -0.39 is 12.0 Å². The summed E-state index contributed by atoms with van der Waals surface area (Å²) in [6.45, 7) is 3.45. The number of carbonyl (C=O) groups is 2. The van der Waals surface area contributed by atoms with Crippen LogP contribution in [0.1, 0.15) is 26.1 Å². The molecule has 0 saturated heterocycles. The molecule has 0 saturated carbocycles. The number of fused-ring (bicyclic) bond motifs is 1. The molecule has 2 rings (SSSR count). The Morgan fingerprint density at radius 3 is 2.65 bits per heavy atom. The average Bonchev–Trinajstić information content (AvgIpc) is 2.50. The summed E-state index contributed by atoms with van der Waals surface area (Å²) >= 11 is 0. The van der Waals surface area contributed by atoms with E-state index in [0.717, 1.165) is 0 Å². The van der Waals surface area contributed by atoms with Crippen LogP contribution in [-0.2, 0) is 16.0 Å². The lowest BCUT2D eigenvalue weighted by atomic mass is 10.0. The SMILES string of the molecule is CC(C)[C@H](NC(=O)CCc1nc2ccccc2c(=O)[nH]1)C(=O)O. The van der Waals surface area contributed by atoms with E-state index in [4.69, 9.17) is 5.11 Å². The predicted molar refractivity (Wildman–Crippen MR) is 85.1 cm³/mol. The number of rotatable bonds is 6. The van der Waals surface area contributed by atoms with Crippen LogP contribution in [0.3, 0.4) is 0 Å². The maximum atomic E-state index is 11.9. The molecular formula is C16H19N3O4. The third-order valence-electron chi connectivity index (χ3n) is 3.50. The molecule has 0 radical (unpaired) electrons. The number of amides is 1. The van der Waals surface area contributed by atoms with E-state index in [9.17, 15) is 14.4 Å². The zero-order valence-electron chi connectivity index (χ0n) is 13.0. The first-order valence-electron chi connectivity index (χ1n) is 7.38. The molecule has 2 aromatic rings. The van der Waals surface area contributed by atoms with Crippen molar-refractivity contribution >= 4 is 22.8 Å². The number of carboxylic acids is 1. The molecule has 3 N–H and O–H groups in total. The largest absolute Gasteiger partial charge is 0.480 e. The molecule has 0 aliphatic carbocycles. The molecule has 122 valence electrons. The molecule has 7 heteroatoms. The van der Waals surface area contributed by atoms with Crippen LogP contribution in [0.4, 0.5) is 0 Å². The summed E-state index contributed by atoms with van der Waals surface area (Å²) < 4.78 is 0. The Hall–Kier alpha value is -2.70. The maximum Gasteiger partial charge on any atom is 0.326 e. The number of nitrogens with zero attached hydrogens (tertiary/aromatic N) is 1. The number of carboxylic acid groups (broad SMARTS) is 1. The number of hydrogen-bond acceptors (Lipinski definition) is 4. The molecule has 1 aromatic carbocycles. The van der Waals surface area contributed by atoms with Crippen molar-refractivity contribution in [3.63, 3.8) is 0 Å². The van der Waals surface area contributed by atoms with Gasteiger partial charge < -0.3 is 15.4 Å². The molecule has 0 unspecified atom stereocenters. The minimum atomic E-state index is -1.06. The maximum absolute atomic E-state index is 11.9. The number of H-pyrrole nitrogens is 1. The minimum absolute atomic E-state index is 0.0534. The van der Waals surface area contributed by atoms with Crippen molar-refractivity contribution < 1.29 is 14.7 Å². The van der Waals surface area contributed by atoms with Gasteiger partial charge in [0.2, 0.25) is 5.91 Å². The summed E-state index contributed by atoms with van der Waals surface area (Å²) in [5.41, 5.74) is 0.314. The van der Waals surface area contributed by atoms with Crippen molar-refractivity contribution in [1.82, 2.24) is 15.3 Å². The van der Waals surface area contributed by atoms with Crippen LogP contribution < -0.4 is 10.9 Å². The zero-order valence-corrected chi connectivity index (χ0v) is 13.0. The van der Waals surface area contributed by atoms with Gasteiger partial charge in [0.05, 0.1) is 10.9 Å². The van der Waals surface area contributed by atoms with E-state index in [2.05, 4.69) is 15.3 Å². The van der Waals surface area contributed by atoms with Gasteiger partial charge in [0.25, 0.3) is 5.56 Å². The van der Waals surface area contributed by atoms with Crippen molar-refractivity contribution in [2.45, 2.75) is 32.7 Å². The van der Waals surface area contributed by atoms with Gasteiger partial charge in [-0.15, -0.1) is 0 Å². The van der Waals surface area contributed by atoms with Crippen LogP contribution in [-0.4, -0.2) is 33.0 Å². The zero-order chi connectivity index (χ0) is 17.0. The van der Waals surface area contributed by atoms with Gasteiger partial charge in [-0.2, -0.15) is 0 Å². The number of carbonyl (C=O) groups excluding carboxylic acids is 1. The Labute approximate surface area is 132 Å². The molecule has 1 heterocycles. The fraction of sp³-hybridized carbons (Fsp3) is 0.375. The second kappa shape index (κ2) is 7.04. The molecule has 0 bridgehead atoms. The molecule has 0 spiro atoms. The Morgan fingerprint density at radius 1 is 1.30 bits per heavy atom. The summed E-state index contributed by atoms with van der Waals surface area (Å²) in [6.07, 6.45) is 0.286. The Bertz CT molecular complexity index is 782. The van der Waals surface area contributed by atoms with E-state index in [1.807, 2.05) is 0 Å². The lowest BCUT2D eigenvalue weighted by molar-refractivity contribution is -0.143. The highest BCUT2D eigenvalue weighted by atomic mass is 16.4. The molecule has 7 nitrogen and oxygen atoms in total. The second-order valence-corrected chi connectivity index (χ2v) is 5.66. The topological polar surface area (TPSA) is 112 Å². The lowest BCUT2D eigenvalue weighted by Gasteiger charge is -2.17. The number of nitrogens with one attached hydrogen (secondary N) is 2. The first kappa shape index (κ1) is 16.7. The minimum Gasteiger partial charge on any atom is -0.480 e. The molecule has 1 atom stereocenters. The lowest BCUT2D eigenvalue weighted by Crippen LogP contribution is -2.44. The number of aliphatic carboxylic acids is 1. The second-order valence-electron chi connectivity index (χ2n) is 5.66. The van der Waals surface area contributed by atoms with Gasteiger partial charge >= 0.3 is 5.97 Å². The molecule has 0 fully saturated rings. The van der Waals surface area contributed by atoms with Crippen LogP contribution in [0, 0.1) is 5.92 Å². The highest BCUT2D eigenvalue weighted by Gasteiger charge is 2.23. The molecular weight excluding hydrogens is 298 g/mol. The van der Waals surface area contributed by atoms with E-state index in [0.29, 0.717) is 16.7 Å². The highest BCUT2D eigenvalue weighted by Crippen LogP contribution is 2.07. The van der Waals surface area contributed by atoms with Gasteiger partial charge in [-0.05, 0) is 18.1 Å². The van der Waals surface area contributed by atoms with E-state index in [1.54, 1.807) is 38.1 Å². The van der Waals surface area contributed by atoms with Crippen molar-refractivity contribution in [3.05, 3.63) is 40.4 Å². The first-order valence-corrected chi connectivity index (χ1v) is 7.38. The number of benzene rings is 1. The molecule has 0 aliphatic heterocycles. The van der Waals surface area contributed by atoms with Gasteiger partial charge in [-0.1, -0.05) is 26.0 Å². The van der Waals surface area contributed by atoms with Crippen LogP contribution in [0.2, 0.25) is 0 Å². The molecule has 1 aromatic heterocycles. The third-order valence-corrected chi connectivity index (χ3v) is 3.50. The van der Waals surface area contributed by atoms with Gasteiger partial charge in [-0.25, -0.2) is 9.78 Å². The van der Waals surface area contributed by atoms with Crippen LogP contribution in [0.15, 0.2) is 29.1 Å². The number of aryl methyl sites for hydroxylation is 1. The van der Waals surface area contributed by atoms with Gasteiger partial charge in [-0.3, -0.25) is 9.59 Å². The van der Waals surface area contributed by atoms with Crippen molar-refractivity contribution in [2.75, 3.05) is 0 Å². The van der Waals surface area contributed by atoms with Gasteiger partial charge in [0.1, 0.15) is 11.9 Å². The fourth-order valence-electron chi connectivity index (χ4n) is 2.24. The van der Waals surface area contributed by atoms with Gasteiger partial charge in [0, 0.05) is 12.8 Å².